The first-order valence-corrected chi connectivity index (χ1v) is 14.4. The van der Waals surface area contributed by atoms with Gasteiger partial charge in [-0.15, -0.1) is 0 Å². The molecule has 43 heavy (non-hydrogen) atoms. The number of para-hydroxylation sites is 1. The average Bonchev–Trinajstić information content (AvgIpc) is 3.24. The Kier molecular flexibility index (Phi) is 6.12. The number of fused-ring (bicyclic) bond motifs is 1. The quantitative estimate of drug-likeness (QED) is 0.212. The molecule has 0 aromatic heterocycles. The number of nitrogens with zero attached hydrogens (tertiary/aromatic N) is 1. The molecular formula is C40H27NO2. The van der Waals surface area contributed by atoms with Crippen molar-refractivity contribution in [3.8, 4) is 45.3 Å². The van der Waals surface area contributed by atoms with Crippen molar-refractivity contribution < 1.29 is 9.47 Å². The molecule has 3 heteroatoms. The van der Waals surface area contributed by atoms with Crippen molar-refractivity contribution >= 4 is 27.8 Å². The molecule has 0 N–H and O–H groups in total. The van der Waals surface area contributed by atoms with E-state index in [1.807, 2.05) is 42.5 Å². The normalized spacial score (nSPS) is 11.6. The SMILES string of the molecule is c1ccc(-c2ccc(-c3ccc(N(c4ccccc4)c4ccc5c(c4)Oc4cccc6cccc(c46)O5)cc3)cc2)cc1. The maximum absolute atomic E-state index is 6.50. The number of ether oxygens (including phenoxy) is 2. The molecule has 0 saturated carbocycles. The van der Waals surface area contributed by atoms with Crippen molar-refractivity contribution in [2.24, 2.45) is 0 Å². The lowest BCUT2D eigenvalue weighted by molar-refractivity contribution is 0.439. The molecule has 3 nitrogen and oxygen atoms in total. The van der Waals surface area contributed by atoms with Crippen LogP contribution in [0.2, 0.25) is 0 Å². The zero-order chi connectivity index (χ0) is 28.6. The highest BCUT2D eigenvalue weighted by molar-refractivity contribution is 5.95. The Bertz CT molecular complexity index is 2050. The van der Waals surface area contributed by atoms with Crippen LogP contribution in [0.25, 0.3) is 33.0 Å². The maximum Gasteiger partial charge on any atom is 0.172 e. The van der Waals surface area contributed by atoms with Crippen molar-refractivity contribution in [3.05, 3.63) is 164 Å². The van der Waals surface area contributed by atoms with Crippen LogP contribution >= 0.6 is 0 Å². The molecule has 0 atom stereocenters. The zero-order valence-electron chi connectivity index (χ0n) is 23.4. The van der Waals surface area contributed by atoms with Crippen LogP contribution in [0, 0.1) is 0 Å². The molecule has 0 radical (unpaired) electrons. The molecule has 7 aromatic rings. The predicted molar refractivity (Wildman–Crippen MR) is 176 cm³/mol. The summed E-state index contributed by atoms with van der Waals surface area (Å²) in [6.45, 7) is 0. The van der Waals surface area contributed by atoms with E-state index in [9.17, 15) is 0 Å². The van der Waals surface area contributed by atoms with E-state index in [-0.39, 0.29) is 0 Å². The number of rotatable bonds is 5. The summed E-state index contributed by atoms with van der Waals surface area (Å²) in [6, 6.07) is 56.6. The molecule has 0 bridgehead atoms. The molecule has 204 valence electrons. The van der Waals surface area contributed by atoms with Gasteiger partial charge in [-0.25, -0.2) is 0 Å². The standard InChI is InChI=1S/C40H27NO2/c1-3-9-28(10-4-1)29-17-19-30(20-18-29)31-21-23-34(24-22-31)41(33-13-5-2-6-14-33)35-25-26-36-39(27-35)43-38-16-8-12-32-11-7-15-37(42-36)40(32)38/h1-27H. The van der Waals surface area contributed by atoms with Crippen LogP contribution in [0.5, 0.6) is 23.0 Å². The molecule has 0 saturated heterocycles. The lowest BCUT2D eigenvalue weighted by atomic mass is 10.00. The largest absolute Gasteiger partial charge is 0.453 e. The lowest BCUT2D eigenvalue weighted by Gasteiger charge is -2.26. The van der Waals surface area contributed by atoms with Crippen molar-refractivity contribution in [2.45, 2.75) is 0 Å². The zero-order valence-corrected chi connectivity index (χ0v) is 23.4. The second kappa shape index (κ2) is 10.6. The molecule has 8 rings (SSSR count). The summed E-state index contributed by atoms with van der Waals surface area (Å²) in [7, 11) is 0. The summed E-state index contributed by atoms with van der Waals surface area (Å²) in [4.78, 5) is 2.24. The van der Waals surface area contributed by atoms with Crippen LogP contribution in [0.1, 0.15) is 0 Å². The third-order valence-electron chi connectivity index (χ3n) is 7.92. The van der Waals surface area contributed by atoms with Crippen LogP contribution in [0.3, 0.4) is 0 Å². The van der Waals surface area contributed by atoms with Gasteiger partial charge in [0.2, 0.25) is 0 Å². The van der Waals surface area contributed by atoms with Gasteiger partial charge in [0, 0.05) is 17.4 Å². The first-order valence-electron chi connectivity index (χ1n) is 14.4. The molecule has 0 spiro atoms. The minimum absolute atomic E-state index is 0.678. The molecule has 1 heterocycles. The second-order valence-corrected chi connectivity index (χ2v) is 10.6. The Morgan fingerprint density at radius 1 is 0.326 bits per heavy atom. The van der Waals surface area contributed by atoms with Crippen LogP contribution in [-0.4, -0.2) is 0 Å². The Morgan fingerprint density at radius 2 is 0.814 bits per heavy atom. The monoisotopic (exact) mass is 553 g/mol. The molecule has 0 unspecified atom stereocenters. The first-order chi connectivity index (χ1) is 21.3. The molecule has 1 aliphatic heterocycles. The van der Waals surface area contributed by atoms with Gasteiger partial charge in [-0.2, -0.15) is 0 Å². The third kappa shape index (κ3) is 4.67. The Morgan fingerprint density at radius 3 is 1.44 bits per heavy atom. The van der Waals surface area contributed by atoms with Crippen molar-refractivity contribution in [1.29, 1.82) is 0 Å². The minimum Gasteiger partial charge on any atom is -0.453 e. The van der Waals surface area contributed by atoms with Crippen LogP contribution in [-0.2, 0) is 0 Å². The Balaban J connectivity index is 1.15. The predicted octanol–water partition coefficient (Wildman–Crippen LogP) is 11.5. The first kappa shape index (κ1) is 25.0. The number of hydrogen-bond acceptors (Lipinski definition) is 3. The van der Waals surface area contributed by atoms with Crippen LogP contribution < -0.4 is 14.4 Å². The fourth-order valence-corrected chi connectivity index (χ4v) is 5.79. The summed E-state index contributed by atoms with van der Waals surface area (Å²) in [6.07, 6.45) is 0. The molecule has 0 amide bonds. The topological polar surface area (TPSA) is 21.7 Å². The number of benzene rings is 7. The van der Waals surface area contributed by atoms with Gasteiger partial charge in [0.15, 0.2) is 11.5 Å². The average molecular weight is 554 g/mol. The van der Waals surface area contributed by atoms with Gasteiger partial charge in [-0.3, -0.25) is 0 Å². The Labute approximate surface area is 250 Å². The molecule has 0 aliphatic carbocycles. The van der Waals surface area contributed by atoms with Gasteiger partial charge in [-0.05, 0) is 76.2 Å². The second-order valence-electron chi connectivity index (χ2n) is 10.6. The van der Waals surface area contributed by atoms with E-state index in [0.29, 0.717) is 11.5 Å². The summed E-state index contributed by atoms with van der Waals surface area (Å²) >= 11 is 0. The summed E-state index contributed by atoms with van der Waals surface area (Å²) < 4.78 is 12.9. The van der Waals surface area contributed by atoms with Gasteiger partial charge in [0.25, 0.3) is 0 Å². The summed E-state index contributed by atoms with van der Waals surface area (Å²) in [5.74, 6) is 2.96. The van der Waals surface area contributed by atoms with Gasteiger partial charge < -0.3 is 14.4 Å². The Hall–Kier alpha value is -5.80. The van der Waals surface area contributed by atoms with Gasteiger partial charge in [0.05, 0.1) is 11.1 Å². The van der Waals surface area contributed by atoms with Crippen molar-refractivity contribution in [3.63, 3.8) is 0 Å². The van der Waals surface area contributed by atoms with Gasteiger partial charge >= 0.3 is 0 Å². The minimum atomic E-state index is 0.678. The van der Waals surface area contributed by atoms with Crippen LogP contribution in [0.15, 0.2) is 164 Å². The van der Waals surface area contributed by atoms with E-state index in [1.165, 1.54) is 22.3 Å². The molecule has 0 fully saturated rings. The summed E-state index contributed by atoms with van der Waals surface area (Å²) in [5, 5.41) is 2.07. The molecular weight excluding hydrogens is 526 g/mol. The fraction of sp³-hybridized carbons (Fsp3) is 0. The fourth-order valence-electron chi connectivity index (χ4n) is 5.79. The van der Waals surface area contributed by atoms with E-state index >= 15 is 0 Å². The van der Waals surface area contributed by atoms with Crippen molar-refractivity contribution in [2.75, 3.05) is 4.90 Å². The van der Waals surface area contributed by atoms with Gasteiger partial charge in [-0.1, -0.05) is 109 Å². The summed E-state index contributed by atoms with van der Waals surface area (Å²) in [5.41, 5.74) is 7.87. The number of hydrogen-bond donors (Lipinski definition) is 0. The van der Waals surface area contributed by atoms with E-state index in [4.69, 9.17) is 9.47 Å². The highest BCUT2D eigenvalue weighted by Gasteiger charge is 2.21. The van der Waals surface area contributed by atoms with E-state index in [2.05, 4.69) is 126 Å². The maximum atomic E-state index is 6.50. The molecule has 1 aliphatic rings. The van der Waals surface area contributed by atoms with E-state index in [1.54, 1.807) is 0 Å². The third-order valence-corrected chi connectivity index (χ3v) is 7.92. The highest BCUT2D eigenvalue weighted by Crippen LogP contribution is 2.48. The lowest BCUT2D eigenvalue weighted by Crippen LogP contribution is -2.10. The van der Waals surface area contributed by atoms with E-state index < -0.39 is 0 Å². The molecule has 7 aromatic carbocycles. The smallest absolute Gasteiger partial charge is 0.172 e. The van der Waals surface area contributed by atoms with Crippen molar-refractivity contribution in [1.82, 2.24) is 0 Å². The van der Waals surface area contributed by atoms with E-state index in [0.717, 1.165) is 39.3 Å². The van der Waals surface area contributed by atoms with Gasteiger partial charge in [0.1, 0.15) is 11.5 Å². The number of anilines is 3. The highest BCUT2D eigenvalue weighted by atomic mass is 16.5. The van der Waals surface area contributed by atoms with Crippen LogP contribution in [0.4, 0.5) is 17.1 Å².